The molecule has 0 spiro atoms. The number of amides is 3. The highest BCUT2D eigenvalue weighted by Crippen LogP contribution is 2.21. The van der Waals surface area contributed by atoms with E-state index in [9.17, 15) is 9.59 Å². The Morgan fingerprint density at radius 2 is 2.10 bits per heavy atom. The fraction of sp³-hybridized carbons (Fsp3) is 0.600. The molecule has 3 amide bonds. The van der Waals surface area contributed by atoms with Crippen LogP contribution in [0.1, 0.15) is 37.9 Å². The van der Waals surface area contributed by atoms with Crippen LogP contribution in [-0.4, -0.2) is 36.5 Å². The zero-order valence-electron chi connectivity index (χ0n) is 12.4. The fourth-order valence-electron chi connectivity index (χ4n) is 2.67. The molecule has 2 N–H and O–H groups in total. The van der Waals surface area contributed by atoms with Gasteiger partial charge >= 0.3 is 6.03 Å². The topological polar surface area (TPSA) is 74.6 Å². The molecule has 2 rings (SSSR count). The van der Waals surface area contributed by atoms with Crippen molar-refractivity contribution in [3.05, 3.63) is 24.2 Å². The van der Waals surface area contributed by atoms with Crippen LogP contribution in [-0.2, 0) is 11.3 Å². The van der Waals surface area contributed by atoms with Crippen molar-refractivity contribution in [2.24, 2.45) is 0 Å². The molecule has 116 valence electrons. The number of hydrogen-bond donors (Lipinski definition) is 2. The van der Waals surface area contributed by atoms with Crippen molar-refractivity contribution in [1.29, 1.82) is 0 Å². The number of urea groups is 1. The van der Waals surface area contributed by atoms with E-state index in [0.717, 1.165) is 12.8 Å². The molecule has 21 heavy (non-hydrogen) atoms. The van der Waals surface area contributed by atoms with Gasteiger partial charge in [-0.1, -0.05) is 19.3 Å². The van der Waals surface area contributed by atoms with Crippen molar-refractivity contribution >= 4 is 11.9 Å². The molecule has 1 heterocycles. The van der Waals surface area contributed by atoms with Gasteiger partial charge in [0.25, 0.3) is 0 Å². The van der Waals surface area contributed by atoms with Gasteiger partial charge in [-0.05, 0) is 32.0 Å². The van der Waals surface area contributed by atoms with Gasteiger partial charge in [-0.3, -0.25) is 15.0 Å². The van der Waals surface area contributed by atoms with Gasteiger partial charge in [0.2, 0.25) is 5.91 Å². The van der Waals surface area contributed by atoms with Gasteiger partial charge in [0.05, 0.1) is 19.4 Å². The van der Waals surface area contributed by atoms with Gasteiger partial charge in [-0.15, -0.1) is 0 Å². The lowest BCUT2D eigenvalue weighted by molar-refractivity contribution is -0.121. The highest BCUT2D eigenvalue weighted by molar-refractivity contribution is 5.95. The Labute approximate surface area is 124 Å². The summed E-state index contributed by atoms with van der Waals surface area (Å²) >= 11 is 0. The quantitative estimate of drug-likeness (QED) is 0.869. The van der Waals surface area contributed by atoms with E-state index in [4.69, 9.17) is 4.42 Å². The third-order valence-electron chi connectivity index (χ3n) is 3.85. The van der Waals surface area contributed by atoms with E-state index in [2.05, 4.69) is 10.6 Å². The lowest BCUT2D eigenvalue weighted by atomic mass is 9.94. The maximum absolute atomic E-state index is 11.8. The predicted molar refractivity (Wildman–Crippen MR) is 78.6 cm³/mol. The Morgan fingerprint density at radius 3 is 2.76 bits per heavy atom. The normalized spacial score (nSPS) is 15.9. The van der Waals surface area contributed by atoms with Crippen molar-refractivity contribution in [2.75, 3.05) is 13.6 Å². The summed E-state index contributed by atoms with van der Waals surface area (Å²) < 4.78 is 5.10. The summed E-state index contributed by atoms with van der Waals surface area (Å²) in [6.07, 6.45) is 7.54. The molecular formula is C15H23N3O3. The summed E-state index contributed by atoms with van der Waals surface area (Å²) in [4.78, 5) is 25.5. The minimum absolute atomic E-state index is 0.249. The van der Waals surface area contributed by atoms with Crippen LogP contribution >= 0.6 is 0 Å². The second kappa shape index (κ2) is 7.83. The first-order valence-electron chi connectivity index (χ1n) is 7.45. The van der Waals surface area contributed by atoms with E-state index in [0.29, 0.717) is 11.8 Å². The third kappa shape index (κ3) is 5.23. The molecule has 1 aromatic heterocycles. The van der Waals surface area contributed by atoms with E-state index in [1.54, 1.807) is 18.4 Å². The first kappa shape index (κ1) is 15.6. The molecular weight excluding hydrogens is 270 g/mol. The molecule has 0 bridgehead atoms. The monoisotopic (exact) mass is 293 g/mol. The Morgan fingerprint density at radius 1 is 1.33 bits per heavy atom. The second-order valence-corrected chi connectivity index (χ2v) is 5.52. The van der Waals surface area contributed by atoms with Gasteiger partial charge < -0.3 is 9.73 Å². The second-order valence-electron chi connectivity index (χ2n) is 5.52. The van der Waals surface area contributed by atoms with Gasteiger partial charge in [0, 0.05) is 6.04 Å². The molecule has 0 saturated heterocycles. The van der Waals surface area contributed by atoms with Crippen LogP contribution in [0.2, 0.25) is 0 Å². The van der Waals surface area contributed by atoms with Crippen molar-refractivity contribution < 1.29 is 14.0 Å². The van der Waals surface area contributed by atoms with Gasteiger partial charge in [0.15, 0.2) is 0 Å². The van der Waals surface area contributed by atoms with E-state index >= 15 is 0 Å². The molecule has 6 heteroatoms. The standard InChI is InChI=1S/C15H23N3O3/c1-18(12-6-3-2-4-7-12)11-14(19)17-15(20)16-10-13-8-5-9-21-13/h5,8-9,12H,2-4,6-7,10-11H2,1H3,(H2,16,17,19,20). The first-order chi connectivity index (χ1) is 10.1. The van der Waals surface area contributed by atoms with Crippen LogP contribution in [0, 0.1) is 0 Å². The summed E-state index contributed by atoms with van der Waals surface area (Å²) in [7, 11) is 1.94. The van der Waals surface area contributed by atoms with E-state index in [1.165, 1.54) is 19.3 Å². The van der Waals surface area contributed by atoms with E-state index in [1.807, 2.05) is 11.9 Å². The van der Waals surface area contributed by atoms with Gasteiger partial charge in [0.1, 0.15) is 5.76 Å². The van der Waals surface area contributed by atoms with Crippen LogP contribution in [0.25, 0.3) is 0 Å². The van der Waals surface area contributed by atoms with Gasteiger partial charge in [-0.25, -0.2) is 4.79 Å². The molecule has 0 unspecified atom stereocenters. The molecule has 0 aromatic carbocycles. The molecule has 6 nitrogen and oxygen atoms in total. The Bertz CT molecular complexity index is 453. The van der Waals surface area contributed by atoms with Crippen LogP contribution in [0.3, 0.4) is 0 Å². The average Bonchev–Trinajstić information content (AvgIpc) is 2.99. The molecule has 0 aliphatic heterocycles. The lowest BCUT2D eigenvalue weighted by Crippen LogP contribution is -2.46. The Balaban J connectivity index is 1.66. The zero-order chi connectivity index (χ0) is 15.1. The fourth-order valence-corrected chi connectivity index (χ4v) is 2.67. The number of rotatable bonds is 5. The minimum atomic E-state index is -0.492. The highest BCUT2D eigenvalue weighted by atomic mass is 16.3. The largest absolute Gasteiger partial charge is 0.467 e. The smallest absolute Gasteiger partial charge is 0.321 e. The number of hydrogen-bond acceptors (Lipinski definition) is 4. The molecule has 1 aromatic rings. The van der Waals surface area contributed by atoms with E-state index in [-0.39, 0.29) is 19.0 Å². The molecule has 0 radical (unpaired) electrons. The number of furan rings is 1. The Hall–Kier alpha value is -1.82. The predicted octanol–water partition coefficient (Wildman–Crippen LogP) is 1.87. The number of nitrogens with one attached hydrogen (secondary N) is 2. The molecule has 1 saturated carbocycles. The Kier molecular flexibility index (Phi) is 5.80. The molecule has 1 aliphatic carbocycles. The maximum atomic E-state index is 11.8. The summed E-state index contributed by atoms with van der Waals surface area (Å²) in [6, 6.07) is 3.47. The highest BCUT2D eigenvalue weighted by Gasteiger charge is 2.20. The minimum Gasteiger partial charge on any atom is -0.467 e. The van der Waals surface area contributed by atoms with Crippen LogP contribution in [0.5, 0.6) is 0 Å². The molecule has 0 atom stereocenters. The summed E-state index contributed by atoms with van der Waals surface area (Å²) in [5, 5.41) is 4.93. The van der Waals surface area contributed by atoms with Crippen molar-refractivity contribution in [2.45, 2.75) is 44.7 Å². The summed E-state index contributed by atoms with van der Waals surface area (Å²) in [6.45, 7) is 0.517. The first-order valence-corrected chi connectivity index (χ1v) is 7.45. The number of nitrogens with zero attached hydrogens (tertiary/aromatic N) is 1. The summed E-state index contributed by atoms with van der Waals surface area (Å²) in [5.74, 6) is 0.372. The SMILES string of the molecule is CN(CC(=O)NC(=O)NCc1ccco1)C1CCCCC1. The van der Waals surface area contributed by atoms with Crippen molar-refractivity contribution in [1.82, 2.24) is 15.5 Å². The van der Waals surface area contributed by atoms with E-state index < -0.39 is 6.03 Å². The van der Waals surface area contributed by atoms with Crippen molar-refractivity contribution in [3.63, 3.8) is 0 Å². The number of likely N-dealkylation sites (N-methyl/N-ethyl adjacent to an activating group) is 1. The lowest BCUT2D eigenvalue weighted by Gasteiger charge is -2.30. The van der Waals surface area contributed by atoms with Crippen LogP contribution in [0.4, 0.5) is 4.79 Å². The summed E-state index contributed by atoms with van der Waals surface area (Å²) in [5.41, 5.74) is 0. The maximum Gasteiger partial charge on any atom is 0.321 e. The van der Waals surface area contributed by atoms with Crippen LogP contribution < -0.4 is 10.6 Å². The number of carbonyl (C=O) groups is 2. The number of carbonyl (C=O) groups excluding carboxylic acids is 2. The molecule has 1 aliphatic rings. The number of imide groups is 1. The average molecular weight is 293 g/mol. The van der Waals surface area contributed by atoms with Crippen molar-refractivity contribution in [3.8, 4) is 0 Å². The zero-order valence-corrected chi connectivity index (χ0v) is 12.4. The van der Waals surface area contributed by atoms with Crippen LogP contribution in [0.15, 0.2) is 22.8 Å². The van der Waals surface area contributed by atoms with Gasteiger partial charge in [-0.2, -0.15) is 0 Å². The third-order valence-corrected chi connectivity index (χ3v) is 3.85. The molecule has 1 fully saturated rings.